The summed E-state index contributed by atoms with van der Waals surface area (Å²) in [5.41, 5.74) is 9.80. The van der Waals surface area contributed by atoms with Gasteiger partial charge in [0.15, 0.2) is 0 Å². The molecule has 0 saturated heterocycles. The number of imidazole rings is 1. The number of pyridine rings is 1. The maximum atomic E-state index is 12.5. The minimum Gasteiger partial charge on any atom is -0.507 e. The molecule has 2 heterocycles. The number of aromatic nitrogens is 3. The second kappa shape index (κ2) is 16.0. The van der Waals surface area contributed by atoms with Gasteiger partial charge in [0.1, 0.15) is 11.6 Å². The first-order valence-electron chi connectivity index (χ1n) is 25.7. The van der Waals surface area contributed by atoms with Crippen LogP contribution in [0.2, 0.25) is 0 Å². The van der Waals surface area contributed by atoms with Crippen LogP contribution >= 0.6 is 0 Å². The van der Waals surface area contributed by atoms with Crippen molar-refractivity contribution in [2.24, 2.45) is 0 Å². The quantitative estimate of drug-likeness (QED) is 0.174. The SMILES string of the molecule is [2H]C([2H])([2H])c1ccc(-c2ccnc(-c3cc(-c4ccccc4)cc(-c4cccc5c4nc(-c4cc(C(C)(C)C)cc(C(C)(C)C)c4O)n5-c4cc(-c5ccccc5)c(C([2H])([2H])[2H])c(C([2H])([2H])[2H])c4)c3)c2)cc1. The first-order chi connectivity index (χ1) is 33.8. The van der Waals surface area contributed by atoms with E-state index in [4.69, 9.17) is 22.3 Å². The van der Waals surface area contributed by atoms with Crippen LogP contribution < -0.4 is 0 Å². The van der Waals surface area contributed by atoms with Crippen molar-refractivity contribution in [1.29, 1.82) is 0 Å². The molecule has 63 heavy (non-hydrogen) atoms. The molecule has 0 spiro atoms. The van der Waals surface area contributed by atoms with Crippen LogP contribution in [-0.2, 0) is 10.8 Å². The van der Waals surface area contributed by atoms with E-state index in [0.29, 0.717) is 44.9 Å². The van der Waals surface area contributed by atoms with Gasteiger partial charge >= 0.3 is 0 Å². The molecular formula is C59H55N3O. The van der Waals surface area contributed by atoms with Crippen molar-refractivity contribution in [2.75, 3.05) is 0 Å². The molecule has 0 amide bonds. The van der Waals surface area contributed by atoms with Gasteiger partial charge < -0.3 is 5.11 Å². The summed E-state index contributed by atoms with van der Waals surface area (Å²) >= 11 is 0. The lowest BCUT2D eigenvalue weighted by molar-refractivity contribution is 0.446. The number of aromatic hydroxyl groups is 1. The number of phenols is 1. The fraction of sp³-hybridized carbons (Fsp3) is 0.186. The highest BCUT2D eigenvalue weighted by molar-refractivity contribution is 5.98. The Morgan fingerprint density at radius 3 is 1.90 bits per heavy atom. The van der Waals surface area contributed by atoms with Crippen molar-refractivity contribution in [1.82, 2.24) is 14.5 Å². The molecule has 0 aliphatic heterocycles. The van der Waals surface area contributed by atoms with Crippen LogP contribution in [0.3, 0.4) is 0 Å². The summed E-state index contributed by atoms with van der Waals surface area (Å²) < 4.78 is 77.9. The van der Waals surface area contributed by atoms with Crippen molar-refractivity contribution in [3.05, 3.63) is 192 Å². The van der Waals surface area contributed by atoms with Crippen LogP contribution in [-0.4, -0.2) is 19.6 Å². The molecule has 9 aromatic rings. The fourth-order valence-electron chi connectivity index (χ4n) is 8.34. The van der Waals surface area contributed by atoms with E-state index < -0.39 is 26.0 Å². The van der Waals surface area contributed by atoms with E-state index in [-0.39, 0.29) is 33.4 Å². The lowest BCUT2D eigenvalue weighted by Crippen LogP contribution is -2.17. The molecule has 0 fully saturated rings. The summed E-state index contributed by atoms with van der Waals surface area (Å²) in [4.78, 5) is 10.3. The Morgan fingerprint density at radius 1 is 0.524 bits per heavy atom. The number of benzene rings is 7. The number of phenolic OH excluding ortho intramolecular Hbond substituents is 1. The maximum absolute atomic E-state index is 12.5. The Hall–Kier alpha value is -7.04. The molecule has 0 radical (unpaired) electrons. The van der Waals surface area contributed by atoms with E-state index in [9.17, 15) is 5.11 Å². The number of para-hydroxylation sites is 1. The number of aryl methyl sites for hydroxylation is 2. The average molecular weight is 831 g/mol. The number of hydrogen-bond acceptors (Lipinski definition) is 3. The molecule has 4 heteroatoms. The topological polar surface area (TPSA) is 50.9 Å². The lowest BCUT2D eigenvalue weighted by atomic mass is 9.79. The van der Waals surface area contributed by atoms with Gasteiger partial charge in [-0.25, -0.2) is 4.98 Å². The molecule has 0 unspecified atom stereocenters. The molecular weight excluding hydrogens is 767 g/mol. The zero-order chi connectivity index (χ0) is 51.7. The second-order valence-corrected chi connectivity index (χ2v) is 18.3. The predicted molar refractivity (Wildman–Crippen MR) is 265 cm³/mol. The van der Waals surface area contributed by atoms with Crippen molar-refractivity contribution in [3.63, 3.8) is 0 Å². The van der Waals surface area contributed by atoms with Gasteiger partial charge in [-0.05, 0) is 142 Å². The third-order valence-corrected chi connectivity index (χ3v) is 11.8. The predicted octanol–water partition coefficient (Wildman–Crippen LogP) is 15.6. The molecule has 4 nitrogen and oxygen atoms in total. The van der Waals surface area contributed by atoms with Gasteiger partial charge in [-0.15, -0.1) is 0 Å². The number of fused-ring (bicyclic) bond motifs is 1. The molecule has 0 atom stereocenters. The third kappa shape index (κ3) is 7.98. The summed E-state index contributed by atoms with van der Waals surface area (Å²) in [5, 5.41) is 12.5. The van der Waals surface area contributed by atoms with Crippen LogP contribution in [0.4, 0.5) is 0 Å². The van der Waals surface area contributed by atoms with Crippen molar-refractivity contribution in [3.8, 4) is 78.6 Å². The molecule has 2 aromatic heterocycles. The van der Waals surface area contributed by atoms with E-state index >= 15 is 0 Å². The molecule has 0 bridgehead atoms. The maximum Gasteiger partial charge on any atom is 0.149 e. The highest BCUT2D eigenvalue weighted by atomic mass is 16.3. The zero-order valence-corrected chi connectivity index (χ0v) is 36.4. The Morgan fingerprint density at radius 2 is 1.22 bits per heavy atom. The summed E-state index contributed by atoms with van der Waals surface area (Å²) in [5.74, 6) is 0.362. The van der Waals surface area contributed by atoms with Gasteiger partial charge in [-0.1, -0.05) is 150 Å². The van der Waals surface area contributed by atoms with E-state index in [1.807, 2.05) is 104 Å². The number of hydrogen-bond donors (Lipinski definition) is 1. The Bertz CT molecular complexity index is 3490. The normalized spacial score (nSPS) is 14.7. The van der Waals surface area contributed by atoms with Crippen LogP contribution in [0, 0.1) is 20.6 Å². The van der Waals surface area contributed by atoms with Gasteiger partial charge in [0, 0.05) is 40.9 Å². The van der Waals surface area contributed by atoms with E-state index in [0.717, 1.165) is 44.5 Å². The highest BCUT2D eigenvalue weighted by Gasteiger charge is 2.29. The van der Waals surface area contributed by atoms with E-state index in [1.54, 1.807) is 60.8 Å². The summed E-state index contributed by atoms with van der Waals surface area (Å²) in [6, 6.07) is 48.9. The van der Waals surface area contributed by atoms with Gasteiger partial charge in [0.05, 0.1) is 22.3 Å². The molecule has 0 saturated carbocycles. The molecule has 9 rings (SSSR count). The first kappa shape index (κ1) is 31.8. The van der Waals surface area contributed by atoms with Gasteiger partial charge in [-0.3, -0.25) is 9.55 Å². The molecule has 0 aliphatic rings. The Labute approximate surface area is 385 Å². The number of rotatable bonds is 7. The average Bonchev–Trinajstić information content (AvgIpc) is 3.72. The monoisotopic (exact) mass is 830 g/mol. The second-order valence-electron chi connectivity index (χ2n) is 18.3. The summed E-state index contributed by atoms with van der Waals surface area (Å²) in [7, 11) is 0. The van der Waals surface area contributed by atoms with Gasteiger partial charge in [0.2, 0.25) is 0 Å². The zero-order valence-electron chi connectivity index (χ0n) is 45.4. The summed E-state index contributed by atoms with van der Waals surface area (Å²) in [6.45, 7) is 4.60. The first-order valence-corrected chi connectivity index (χ1v) is 21.2. The van der Waals surface area contributed by atoms with Crippen molar-refractivity contribution < 1.29 is 17.4 Å². The van der Waals surface area contributed by atoms with Gasteiger partial charge in [0.25, 0.3) is 0 Å². The minimum atomic E-state index is -2.83. The van der Waals surface area contributed by atoms with E-state index in [2.05, 4.69) is 39.0 Å². The third-order valence-electron chi connectivity index (χ3n) is 11.8. The Kier molecular flexibility index (Phi) is 8.07. The van der Waals surface area contributed by atoms with Crippen molar-refractivity contribution >= 4 is 11.0 Å². The largest absolute Gasteiger partial charge is 0.507 e. The van der Waals surface area contributed by atoms with Gasteiger partial charge in [-0.2, -0.15) is 0 Å². The Balaban J connectivity index is 1.36. The van der Waals surface area contributed by atoms with Crippen LogP contribution in [0.15, 0.2) is 164 Å². The smallest absolute Gasteiger partial charge is 0.149 e. The van der Waals surface area contributed by atoms with Crippen LogP contribution in [0.1, 0.15) is 81.7 Å². The standard InChI is InChI=1S/C59H55N3O/c1-37-23-25-41(26-24-37)43-27-28-60-53(33-43)46-31-44(40-17-12-10-13-18-40)30-45(32-46)49-21-16-22-54-55(49)61-57(51-34-47(58(4,5)6)35-52(56(51)63)59(7,8)9)62(54)48-29-38(2)39(3)50(36-48)42-19-14-11-15-20-42/h10-36,63H,1-9H3/i1D3,2D3,3D3. The summed E-state index contributed by atoms with van der Waals surface area (Å²) in [6.07, 6.45) is 1.74. The fourth-order valence-corrected chi connectivity index (χ4v) is 8.34. The van der Waals surface area contributed by atoms with Crippen LogP contribution in [0.25, 0.3) is 83.9 Å². The lowest BCUT2D eigenvalue weighted by Gasteiger charge is -2.27. The molecule has 0 aliphatic carbocycles. The van der Waals surface area contributed by atoms with Crippen LogP contribution in [0.5, 0.6) is 5.75 Å². The highest BCUT2D eigenvalue weighted by Crippen LogP contribution is 2.45. The van der Waals surface area contributed by atoms with E-state index in [1.165, 1.54) is 6.07 Å². The minimum absolute atomic E-state index is 0.0272. The molecule has 312 valence electrons. The van der Waals surface area contributed by atoms with Crippen molar-refractivity contribution in [2.45, 2.75) is 72.9 Å². The molecule has 1 N–H and O–H groups in total. The number of nitrogens with zero attached hydrogens (tertiary/aromatic N) is 3. The molecule has 7 aromatic carbocycles.